The average Bonchev–Trinajstić information content (AvgIpc) is 3.08. The lowest BCUT2D eigenvalue weighted by Crippen LogP contribution is -2.07. The Labute approximate surface area is 111 Å². The van der Waals surface area contributed by atoms with E-state index < -0.39 is 0 Å². The maximum atomic E-state index is 4.03. The Kier molecular flexibility index (Phi) is 3.02. The molecule has 0 saturated heterocycles. The van der Waals surface area contributed by atoms with Gasteiger partial charge in [0.15, 0.2) is 0 Å². The Morgan fingerprint density at radius 3 is 2.74 bits per heavy atom. The van der Waals surface area contributed by atoms with Crippen LogP contribution in [-0.2, 0) is 13.6 Å². The molecule has 2 heterocycles. The van der Waals surface area contributed by atoms with Gasteiger partial charge >= 0.3 is 0 Å². The van der Waals surface area contributed by atoms with Crippen molar-refractivity contribution in [2.45, 2.75) is 6.54 Å². The molecule has 19 heavy (non-hydrogen) atoms. The summed E-state index contributed by atoms with van der Waals surface area (Å²) in [6.07, 6.45) is 5.55. The van der Waals surface area contributed by atoms with Gasteiger partial charge < -0.3 is 9.88 Å². The van der Waals surface area contributed by atoms with Gasteiger partial charge in [-0.15, -0.1) is 5.10 Å². The fraction of sp³-hybridized carbons (Fsp3) is 0.143. The Morgan fingerprint density at radius 1 is 1.11 bits per heavy atom. The second kappa shape index (κ2) is 4.97. The minimum Gasteiger partial charge on any atom is -0.378 e. The number of anilines is 1. The number of para-hydroxylation sites is 2. The molecule has 0 atom stereocenters. The summed E-state index contributed by atoms with van der Waals surface area (Å²) in [5.41, 5.74) is 3.26. The molecule has 3 rings (SSSR count). The fourth-order valence-electron chi connectivity index (χ4n) is 2.03. The molecule has 0 saturated carbocycles. The standard InChI is InChI=1S/C14H15N5/c1-18-9-4-5-12(18)11-15-13-6-2-3-7-14(13)19-10-8-16-17-19/h2-10,15H,11H2,1H3. The highest BCUT2D eigenvalue weighted by Crippen LogP contribution is 2.19. The van der Waals surface area contributed by atoms with Crippen molar-refractivity contribution in [1.82, 2.24) is 19.6 Å². The lowest BCUT2D eigenvalue weighted by Gasteiger charge is -2.12. The van der Waals surface area contributed by atoms with E-state index in [0.29, 0.717) is 0 Å². The third-order valence-corrected chi connectivity index (χ3v) is 3.08. The van der Waals surface area contributed by atoms with Gasteiger partial charge in [0, 0.05) is 18.9 Å². The van der Waals surface area contributed by atoms with Crippen LogP contribution in [0.15, 0.2) is 55.0 Å². The van der Waals surface area contributed by atoms with E-state index in [-0.39, 0.29) is 0 Å². The summed E-state index contributed by atoms with van der Waals surface area (Å²) in [5, 5.41) is 11.3. The zero-order valence-corrected chi connectivity index (χ0v) is 10.7. The van der Waals surface area contributed by atoms with Gasteiger partial charge in [0.2, 0.25) is 0 Å². The zero-order chi connectivity index (χ0) is 13.1. The van der Waals surface area contributed by atoms with Gasteiger partial charge in [0.25, 0.3) is 0 Å². The van der Waals surface area contributed by atoms with Crippen molar-refractivity contribution < 1.29 is 0 Å². The summed E-state index contributed by atoms with van der Waals surface area (Å²) in [6, 6.07) is 12.2. The molecule has 0 fully saturated rings. The number of nitrogens with one attached hydrogen (secondary N) is 1. The first-order valence-electron chi connectivity index (χ1n) is 6.14. The number of hydrogen-bond acceptors (Lipinski definition) is 3. The first-order valence-corrected chi connectivity index (χ1v) is 6.14. The van der Waals surface area contributed by atoms with Gasteiger partial charge in [0.1, 0.15) is 0 Å². The second-order valence-electron chi connectivity index (χ2n) is 4.33. The van der Waals surface area contributed by atoms with E-state index in [9.17, 15) is 0 Å². The highest BCUT2D eigenvalue weighted by molar-refractivity contribution is 5.60. The van der Waals surface area contributed by atoms with Crippen LogP contribution < -0.4 is 5.32 Å². The van der Waals surface area contributed by atoms with Crippen molar-refractivity contribution in [2.24, 2.45) is 7.05 Å². The summed E-state index contributed by atoms with van der Waals surface area (Å²) in [4.78, 5) is 0. The van der Waals surface area contributed by atoms with E-state index in [1.165, 1.54) is 5.69 Å². The Bertz CT molecular complexity index is 654. The molecule has 1 N–H and O–H groups in total. The minimum atomic E-state index is 0.773. The van der Waals surface area contributed by atoms with Crippen molar-refractivity contribution >= 4 is 5.69 Å². The van der Waals surface area contributed by atoms with Crippen molar-refractivity contribution in [3.05, 3.63) is 60.7 Å². The van der Waals surface area contributed by atoms with Gasteiger partial charge in [-0.2, -0.15) is 0 Å². The molecule has 0 spiro atoms. The molecule has 5 nitrogen and oxygen atoms in total. The number of nitrogens with zero attached hydrogens (tertiary/aromatic N) is 4. The van der Waals surface area contributed by atoms with Crippen LogP contribution in [0.3, 0.4) is 0 Å². The topological polar surface area (TPSA) is 47.7 Å². The molecule has 0 aliphatic heterocycles. The lowest BCUT2D eigenvalue weighted by atomic mass is 10.2. The van der Waals surface area contributed by atoms with Gasteiger partial charge in [-0.3, -0.25) is 0 Å². The fourth-order valence-corrected chi connectivity index (χ4v) is 2.03. The molecule has 3 aromatic rings. The first-order chi connectivity index (χ1) is 9.34. The third kappa shape index (κ3) is 2.35. The van der Waals surface area contributed by atoms with Crippen LogP contribution in [0, 0.1) is 0 Å². The monoisotopic (exact) mass is 253 g/mol. The van der Waals surface area contributed by atoms with Crippen molar-refractivity contribution in [2.75, 3.05) is 5.32 Å². The largest absolute Gasteiger partial charge is 0.378 e. The maximum absolute atomic E-state index is 4.03. The van der Waals surface area contributed by atoms with Crippen LogP contribution in [0.1, 0.15) is 5.69 Å². The second-order valence-corrected chi connectivity index (χ2v) is 4.33. The zero-order valence-electron chi connectivity index (χ0n) is 10.7. The van der Waals surface area contributed by atoms with Gasteiger partial charge in [0.05, 0.1) is 30.3 Å². The van der Waals surface area contributed by atoms with Crippen LogP contribution in [0.4, 0.5) is 5.69 Å². The molecular weight excluding hydrogens is 238 g/mol. The normalized spacial score (nSPS) is 10.6. The number of aryl methyl sites for hydroxylation is 1. The van der Waals surface area contributed by atoms with Crippen LogP contribution >= 0.6 is 0 Å². The minimum absolute atomic E-state index is 0.773. The molecular formula is C14H15N5. The summed E-state index contributed by atoms with van der Waals surface area (Å²) in [6.45, 7) is 0.773. The predicted molar refractivity (Wildman–Crippen MR) is 74.1 cm³/mol. The van der Waals surface area contributed by atoms with Gasteiger partial charge in [-0.1, -0.05) is 17.3 Å². The van der Waals surface area contributed by atoms with Gasteiger partial charge in [-0.05, 0) is 24.3 Å². The van der Waals surface area contributed by atoms with E-state index in [1.54, 1.807) is 10.9 Å². The molecule has 96 valence electrons. The first kappa shape index (κ1) is 11.5. The predicted octanol–water partition coefficient (Wildman–Crippen LogP) is 2.22. The van der Waals surface area contributed by atoms with Crippen LogP contribution in [-0.4, -0.2) is 19.6 Å². The molecule has 0 unspecified atom stereocenters. The average molecular weight is 253 g/mol. The van der Waals surface area contributed by atoms with Crippen molar-refractivity contribution in [3.63, 3.8) is 0 Å². The molecule has 1 aromatic carbocycles. The van der Waals surface area contributed by atoms with E-state index in [2.05, 4.69) is 26.3 Å². The highest BCUT2D eigenvalue weighted by Gasteiger charge is 2.05. The smallest absolute Gasteiger partial charge is 0.0894 e. The molecule has 0 bridgehead atoms. The summed E-state index contributed by atoms with van der Waals surface area (Å²) in [7, 11) is 2.04. The number of benzene rings is 1. The molecule has 0 aliphatic rings. The van der Waals surface area contributed by atoms with Crippen LogP contribution in [0.5, 0.6) is 0 Å². The summed E-state index contributed by atoms with van der Waals surface area (Å²) >= 11 is 0. The summed E-state index contributed by atoms with van der Waals surface area (Å²) in [5.74, 6) is 0. The molecule has 0 radical (unpaired) electrons. The Morgan fingerprint density at radius 2 is 2.00 bits per heavy atom. The Hall–Kier alpha value is -2.56. The molecule has 0 amide bonds. The Balaban J connectivity index is 1.84. The highest BCUT2D eigenvalue weighted by atomic mass is 15.4. The van der Waals surface area contributed by atoms with E-state index in [1.807, 2.05) is 49.8 Å². The number of rotatable bonds is 4. The van der Waals surface area contributed by atoms with Crippen molar-refractivity contribution in [3.8, 4) is 5.69 Å². The van der Waals surface area contributed by atoms with E-state index >= 15 is 0 Å². The maximum Gasteiger partial charge on any atom is 0.0894 e. The lowest BCUT2D eigenvalue weighted by molar-refractivity contribution is 0.800. The molecule has 0 aliphatic carbocycles. The quantitative estimate of drug-likeness (QED) is 0.775. The van der Waals surface area contributed by atoms with Crippen LogP contribution in [0.2, 0.25) is 0 Å². The van der Waals surface area contributed by atoms with Gasteiger partial charge in [-0.25, -0.2) is 4.68 Å². The number of hydrogen-bond donors (Lipinski definition) is 1. The van der Waals surface area contributed by atoms with E-state index in [4.69, 9.17) is 0 Å². The third-order valence-electron chi connectivity index (χ3n) is 3.08. The number of aromatic nitrogens is 4. The molecule has 2 aromatic heterocycles. The van der Waals surface area contributed by atoms with Crippen molar-refractivity contribution in [1.29, 1.82) is 0 Å². The summed E-state index contributed by atoms with van der Waals surface area (Å²) < 4.78 is 3.86. The van der Waals surface area contributed by atoms with Crippen LogP contribution in [0.25, 0.3) is 5.69 Å². The SMILES string of the molecule is Cn1cccc1CNc1ccccc1-n1ccnn1. The van der Waals surface area contributed by atoms with E-state index in [0.717, 1.165) is 17.9 Å². The molecule has 5 heteroatoms.